The molecule has 0 saturated carbocycles. The van der Waals surface area contributed by atoms with Gasteiger partial charge in [-0.05, 0) is 43.5 Å². The van der Waals surface area contributed by atoms with Crippen LogP contribution in [0.25, 0.3) is 0 Å². The highest BCUT2D eigenvalue weighted by molar-refractivity contribution is 5.28. The second kappa shape index (κ2) is 5.53. The van der Waals surface area contributed by atoms with Crippen LogP contribution in [-0.4, -0.2) is 5.11 Å². The smallest absolute Gasteiger partial charge is 0.123 e. The van der Waals surface area contributed by atoms with Crippen LogP contribution in [0.4, 0.5) is 4.39 Å². The van der Waals surface area contributed by atoms with Gasteiger partial charge in [0.15, 0.2) is 0 Å². The number of aryl methyl sites for hydroxylation is 1. The van der Waals surface area contributed by atoms with Crippen molar-refractivity contribution < 1.29 is 9.50 Å². The molecular formula is C13H15FO. The molecule has 0 aromatic heterocycles. The first kappa shape index (κ1) is 11.7. The second-order valence-corrected chi connectivity index (χ2v) is 3.48. The quantitative estimate of drug-likeness (QED) is 0.754. The molecule has 15 heavy (non-hydrogen) atoms. The van der Waals surface area contributed by atoms with Crippen molar-refractivity contribution in [1.82, 2.24) is 0 Å². The van der Waals surface area contributed by atoms with Crippen molar-refractivity contribution in [2.45, 2.75) is 32.8 Å². The van der Waals surface area contributed by atoms with E-state index in [0.29, 0.717) is 12.8 Å². The zero-order valence-corrected chi connectivity index (χ0v) is 9.05. The summed E-state index contributed by atoms with van der Waals surface area (Å²) in [6.45, 7) is 3.57. The van der Waals surface area contributed by atoms with Crippen LogP contribution >= 0.6 is 0 Å². The number of rotatable bonds is 3. The van der Waals surface area contributed by atoms with Gasteiger partial charge in [0.05, 0.1) is 6.10 Å². The molecule has 1 unspecified atom stereocenters. The predicted molar refractivity (Wildman–Crippen MR) is 58.8 cm³/mol. The highest BCUT2D eigenvalue weighted by atomic mass is 19.1. The fourth-order valence-electron chi connectivity index (χ4n) is 1.50. The molecule has 0 fully saturated rings. The van der Waals surface area contributed by atoms with E-state index in [-0.39, 0.29) is 5.82 Å². The maximum absolute atomic E-state index is 12.8. The van der Waals surface area contributed by atoms with Crippen LogP contribution in [0.3, 0.4) is 0 Å². The standard InChI is InChI=1S/C13H15FO/c1-3-4-5-6-13(15)12-8-7-11(14)9-10(12)2/h7-9,13,15H,5-6H2,1-2H3. The molecule has 1 nitrogen and oxygen atoms in total. The van der Waals surface area contributed by atoms with E-state index in [4.69, 9.17) is 0 Å². The molecule has 0 amide bonds. The van der Waals surface area contributed by atoms with Gasteiger partial charge in [-0.2, -0.15) is 0 Å². The average molecular weight is 206 g/mol. The van der Waals surface area contributed by atoms with E-state index < -0.39 is 6.10 Å². The van der Waals surface area contributed by atoms with Crippen molar-refractivity contribution in [2.75, 3.05) is 0 Å². The molecule has 1 aromatic carbocycles. The van der Waals surface area contributed by atoms with E-state index in [1.165, 1.54) is 12.1 Å². The zero-order chi connectivity index (χ0) is 11.3. The Morgan fingerprint density at radius 3 is 2.80 bits per heavy atom. The lowest BCUT2D eigenvalue weighted by Gasteiger charge is -2.12. The van der Waals surface area contributed by atoms with Gasteiger partial charge in [-0.25, -0.2) is 4.39 Å². The first-order valence-electron chi connectivity index (χ1n) is 4.99. The van der Waals surface area contributed by atoms with Gasteiger partial charge in [0.25, 0.3) is 0 Å². The Labute approximate surface area is 89.9 Å². The maximum atomic E-state index is 12.8. The van der Waals surface area contributed by atoms with Gasteiger partial charge in [0, 0.05) is 6.42 Å². The third-order valence-electron chi connectivity index (χ3n) is 2.31. The van der Waals surface area contributed by atoms with Crippen molar-refractivity contribution in [3.63, 3.8) is 0 Å². The third-order valence-corrected chi connectivity index (χ3v) is 2.31. The van der Waals surface area contributed by atoms with Crippen molar-refractivity contribution in [2.24, 2.45) is 0 Å². The molecule has 0 saturated heterocycles. The fourth-order valence-corrected chi connectivity index (χ4v) is 1.50. The van der Waals surface area contributed by atoms with Crippen LogP contribution in [0, 0.1) is 24.6 Å². The van der Waals surface area contributed by atoms with E-state index in [0.717, 1.165) is 11.1 Å². The van der Waals surface area contributed by atoms with E-state index in [9.17, 15) is 9.50 Å². The minimum Gasteiger partial charge on any atom is -0.388 e. The molecule has 80 valence electrons. The molecule has 0 aliphatic rings. The summed E-state index contributed by atoms with van der Waals surface area (Å²) in [6, 6.07) is 4.44. The van der Waals surface area contributed by atoms with Crippen molar-refractivity contribution >= 4 is 0 Å². The van der Waals surface area contributed by atoms with E-state index in [1.54, 1.807) is 19.9 Å². The summed E-state index contributed by atoms with van der Waals surface area (Å²) in [6.07, 6.45) is 0.702. The Hall–Kier alpha value is -1.33. The van der Waals surface area contributed by atoms with E-state index >= 15 is 0 Å². The van der Waals surface area contributed by atoms with Crippen LogP contribution in [0.1, 0.15) is 37.0 Å². The molecule has 2 heteroatoms. The number of benzene rings is 1. The lowest BCUT2D eigenvalue weighted by Crippen LogP contribution is -2.00. The maximum Gasteiger partial charge on any atom is 0.123 e. The van der Waals surface area contributed by atoms with Gasteiger partial charge in [-0.1, -0.05) is 6.07 Å². The third kappa shape index (κ3) is 3.38. The average Bonchev–Trinajstić information content (AvgIpc) is 2.17. The lowest BCUT2D eigenvalue weighted by molar-refractivity contribution is 0.168. The van der Waals surface area contributed by atoms with Gasteiger partial charge >= 0.3 is 0 Å². The van der Waals surface area contributed by atoms with Crippen LogP contribution < -0.4 is 0 Å². The summed E-state index contributed by atoms with van der Waals surface area (Å²) < 4.78 is 12.8. The van der Waals surface area contributed by atoms with Gasteiger partial charge in [0.1, 0.15) is 5.82 Å². The van der Waals surface area contributed by atoms with Crippen molar-refractivity contribution in [3.8, 4) is 11.8 Å². The molecule has 0 aliphatic carbocycles. The normalized spacial score (nSPS) is 11.7. The van der Waals surface area contributed by atoms with Gasteiger partial charge < -0.3 is 5.11 Å². The monoisotopic (exact) mass is 206 g/mol. The molecule has 1 rings (SSSR count). The molecular weight excluding hydrogens is 191 g/mol. The molecule has 0 spiro atoms. The lowest BCUT2D eigenvalue weighted by atomic mass is 10.00. The van der Waals surface area contributed by atoms with Crippen LogP contribution in [0.15, 0.2) is 18.2 Å². The van der Waals surface area contributed by atoms with Crippen molar-refractivity contribution in [3.05, 3.63) is 35.1 Å². The highest BCUT2D eigenvalue weighted by Crippen LogP contribution is 2.22. The van der Waals surface area contributed by atoms with E-state index in [2.05, 4.69) is 11.8 Å². The molecule has 0 radical (unpaired) electrons. The Balaban J connectivity index is 2.71. The van der Waals surface area contributed by atoms with Gasteiger partial charge in [-0.3, -0.25) is 0 Å². The summed E-state index contributed by atoms with van der Waals surface area (Å²) in [5, 5.41) is 9.83. The largest absolute Gasteiger partial charge is 0.388 e. The number of aliphatic hydroxyl groups is 1. The van der Waals surface area contributed by atoms with Crippen LogP contribution in [0.2, 0.25) is 0 Å². The summed E-state index contributed by atoms with van der Waals surface area (Å²) in [4.78, 5) is 0. The summed E-state index contributed by atoms with van der Waals surface area (Å²) in [7, 11) is 0. The Kier molecular flexibility index (Phi) is 4.33. The number of hydrogen-bond acceptors (Lipinski definition) is 1. The molecule has 0 bridgehead atoms. The topological polar surface area (TPSA) is 20.2 Å². The minimum absolute atomic E-state index is 0.267. The first-order chi connectivity index (χ1) is 7.15. The van der Waals surface area contributed by atoms with Crippen LogP contribution in [0.5, 0.6) is 0 Å². The fraction of sp³-hybridized carbons (Fsp3) is 0.385. The number of hydrogen-bond donors (Lipinski definition) is 1. The molecule has 0 aliphatic heterocycles. The molecule has 1 N–H and O–H groups in total. The minimum atomic E-state index is -0.550. The Bertz CT molecular complexity index is 387. The number of halogens is 1. The highest BCUT2D eigenvalue weighted by Gasteiger charge is 2.09. The predicted octanol–water partition coefficient (Wildman–Crippen LogP) is 2.97. The summed E-state index contributed by atoms with van der Waals surface area (Å²) >= 11 is 0. The SMILES string of the molecule is CC#CCCC(O)c1ccc(F)cc1C. The van der Waals surface area contributed by atoms with Gasteiger partial charge in [0.2, 0.25) is 0 Å². The molecule has 0 heterocycles. The summed E-state index contributed by atoms with van der Waals surface area (Å²) in [5.41, 5.74) is 1.57. The van der Waals surface area contributed by atoms with Crippen molar-refractivity contribution in [1.29, 1.82) is 0 Å². The Morgan fingerprint density at radius 2 is 2.20 bits per heavy atom. The van der Waals surface area contributed by atoms with E-state index in [1.807, 2.05) is 0 Å². The van der Waals surface area contributed by atoms with Gasteiger partial charge in [-0.15, -0.1) is 11.8 Å². The molecule has 1 atom stereocenters. The second-order valence-electron chi connectivity index (χ2n) is 3.48. The number of aliphatic hydroxyl groups excluding tert-OH is 1. The molecule has 1 aromatic rings. The van der Waals surface area contributed by atoms with Crippen LogP contribution in [-0.2, 0) is 0 Å². The zero-order valence-electron chi connectivity index (χ0n) is 9.05. The Morgan fingerprint density at radius 1 is 1.47 bits per heavy atom. The summed E-state index contributed by atoms with van der Waals surface area (Å²) in [5.74, 6) is 5.41. The first-order valence-corrected chi connectivity index (χ1v) is 4.99.